The largest absolute Gasteiger partial charge is 0.318 e. The van der Waals surface area contributed by atoms with Crippen LogP contribution in [0.5, 0.6) is 0 Å². The lowest BCUT2D eigenvalue weighted by molar-refractivity contribution is 0.464. The van der Waals surface area contributed by atoms with Crippen LogP contribution in [0, 0.1) is 5.92 Å². The molecule has 1 saturated carbocycles. The van der Waals surface area contributed by atoms with Crippen molar-refractivity contribution in [1.82, 2.24) is 9.62 Å². The minimum absolute atomic E-state index is 0.340. The normalized spacial score (nSPS) is 18.1. The monoisotopic (exact) mass is 206 g/mol. The Morgan fingerprint density at radius 3 is 2.54 bits per heavy atom. The smallest absolute Gasteiger partial charge is 0.214 e. The van der Waals surface area contributed by atoms with Gasteiger partial charge in [-0.2, -0.15) is 0 Å². The Morgan fingerprint density at radius 1 is 1.46 bits per heavy atom. The molecule has 1 aliphatic rings. The van der Waals surface area contributed by atoms with Crippen LogP contribution in [-0.2, 0) is 10.0 Å². The number of nitrogens with one attached hydrogen (secondary N) is 1. The van der Waals surface area contributed by atoms with Gasteiger partial charge in [0.15, 0.2) is 0 Å². The minimum atomic E-state index is -2.98. The van der Waals surface area contributed by atoms with Crippen molar-refractivity contribution in [3.63, 3.8) is 0 Å². The SMILES string of the molecule is CNCCN(C)S(=O)(=O)CC1CC1. The molecule has 0 aromatic heterocycles. The van der Waals surface area contributed by atoms with Gasteiger partial charge >= 0.3 is 0 Å². The summed E-state index contributed by atoms with van der Waals surface area (Å²) in [6.07, 6.45) is 2.16. The molecule has 0 saturated heterocycles. The summed E-state index contributed by atoms with van der Waals surface area (Å²) in [5.41, 5.74) is 0. The first-order valence-corrected chi connectivity index (χ1v) is 6.26. The van der Waals surface area contributed by atoms with Crippen molar-refractivity contribution >= 4 is 10.0 Å². The van der Waals surface area contributed by atoms with Gasteiger partial charge in [-0.05, 0) is 25.8 Å². The summed E-state index contributed by atoms with van der Waals surface area (Å²) < 4.78 is 24.6. The van der Waals surface area contributed by atoms with E-state index in [0.717, 1.165) is 12.8 Å². The lowest BCUT2D eigenvalue weighted by Gasteiger charge is -2.16. The third-order valence-electron chi connectivity index (χ3n) is 2.29. The van der Waals surface area contributed by atoms with E-state index in [9.17, 15) is 8.42 Å². The van der Waals surface area contributed by atoms with E-state index in [-0.39, 0.29) is 0 Å². The van der Waals surface area contributed by atoms with E-state index in [1.54, 1.807) is 7.05 Å². The van der Waals surface area contributed by atoms with Crippen LogP contribution in [0.15, 0.2) is 0 Å². The third kappa shape index (κ3) is 3.62. The highest BCUT2D eigenvalue weighted by Gasteiger charge is 2.29. The fourth-order valence-electron chi connectivity index (χ4n) is 1.12. The zero-order valence-corrected chi connectivity index (χ0v) is 9.10. The molecule has 78 valence electrons. The summed E-state index contributed by atoms with van der Waals surface area (Å²) in [6.45, 7) is 1.27. The van der Waals surface area contributed by atoms with Crippen molar-refractivity contribution in [2.24, 2.45) is 5.92 Å². The molecule has 0 heterocycles. The van der Waals surface area contributed by atoms with Gasteiger partial charge in [-0.1, -0.05) is 0 Å². The zero-order valence-electron chi connectivity index (χ0n) is 8.28. The molecule has 0 amide bonds. The van der Waals surface area contributed by atoms with Crippen LogP contribution in [0.3, 0.4) is 0 Å². The van der Waals surface area contributed by atoms with Crippen molar-refractivity contribution in [3.8, 4) is 0 Å². The lowest BCUT2D eigenvalue weighted by atomic mass is 10.5. The van der Waals surface area contributed by atoms with Crippen LogP contribution in [0.4, 0.5) is 0 Å². The topological polar surface area (TPSA) is 49.4 Å². The molecule has 0 radical (unpaired) electrons. The molecule has 0 bridgehead atoms. The van der Waals surface area contributed by atoms with Crippen molar-refractivity contribution in [1.29, 1.82) is 0 Å². The van der Waals surface area contributed by atoms with E-state index >= 15 is 0 Å². The first kappa shape index (κ1) is 10.9. The van der Waals surface area contributed by atoms with E-state index < -0.39 is 10.0 Å². The highest BCUT2D eigenvalue weighted by atomic mass is 32.2. The Hall–Kier alpha value is -0.130. The van der Waals surface area contributed by atoms with Gasteiger partial charge < -0.3 is 5.32 Å². The molecule has 4 nitrogen and oxygen atoms in total. The Labute approximate surface area is 80.4 Å². The quantitative estimate of drug-likeness (QED) is 0.659. The molecule has 13 heavy (non-hydrogen) atoms. The number of rotatable bonds is 6. The predicted octanol–water partition coefficient (Wildman–Crippen LogP) is -0.123. The maximum absolute atomic E-state index is 11.6. The first-order valence-electron chi connectivity index (χ1n) is 4.65. The van der Waals surface area contributed by atoms with E-state index in [2.05, 4.69) is 5.32 Å². The van der Waals surface area contributed by atoms with E-state index in [0.29, 0.717) is 24.8 Å². The Balaban J connectivity index is 2.37. The highest BCUT2D eigenvalue weighted by molar-refractivity contribution is 7.89. The number of sulfonamides is 1. The molecule has 0 aliphatic heterocycles. The van der Waals surface area contributed by atoms with Crippen molar-refractivity contribution < 1.29 is 8.42 Å². The van der Waals surface area contributed by atoms with Crippen LogP contribution >= 0.6 is 0 Å². The molecule has 0 aromatic carbocycles. The molecule has 0 spiro atoms. The molecule has 0 unspecified atom stereocenters. The number of nitrogens with zero attached hydrogens (tertiary/aromatic N) is 1. The molecular formula is C8H18N2O2S. The minimum Gasteiger partial charge on any atom is -0.318 e. The van der Waals surface area contributed by atoms with Gasteiger partial charge in [0.05, 0.1) is 5.75 Å². The summed E-state index contributed by atoms with van der Waals surface area (Å²) >= 11 is 0. The van der Waals surface area contributed by atoms with Crippen molar-refractivity contribution in [3.05, 3.63) is 0 Å². The molecule has 1 aliphatic carbocycles. The zero-order chi connectivity index (χ0) is 9.90. The van der Waals surface area contributed by atoms with Crippen molar-refractivity contribution in [2.45, 2.75) is 12.8 Å². The second-order valence-electron chi connectivity index (χ2n) is 3.65. The summed E-state index contributed by atoms with van der Waals surface area (Å²) in [7, 11) is 0.493. The average molecular weight is 206 g/mol. The number of hydrogen-bond acceptors (Lipinski definition) is 3. The predicted molar refractivity (Wildman–Crippen MR) is 53.1 cm³/mol. The van der Waals surface area contributed by atoms with Gasteiger partial charge in [0.25, 0.3) is 0 Å². The summed E-state index contributed by atoms with van der Waals surface area (Å²) in [5, 5.41) is 2.93. The molecule has 0 aromatic rings. The fourth-order valence-corrected chi connectivity index (χ4v) is 2.67. The highest BCUT2D eigenvalue weighted by Crippen LogP contribution is 2.30. The van der Waals surface area contributed by atoms with Gasteiger partial charge in [-0.15, -0.1) is 0 Å². The van der Waals surface area contributed by atoms with Gasteiger partial charge in [0.1, 0.15) is 0 Å². The molecule has 0 atom stereocenters. The van der Waals surface area contributed by atoms with Gasteiger partial charge in [0.2, 0.25) is 10.0 Å². The van der Waals surface area contributed by atoms with Gasteiger partial charge in [-0.25, -0.2) is 12.7 Å². The number of likely N-dealkylation sites (N-methyl/N-ethyl adjacent to an activating group) is 2. The van der Waals surface area contributed by atoms with Crippen LogP contribution in [-0.4, -0.2) is 45.7 Å². The van der Waals surface area contributed by atoms with Crippen molar-refractivity contribution in [2.75, 3.05) is 32.9 Å². The standard InChI is InChI=1S/C8H18N2O2S/c1-9-5-6-10(2)13(11,12)7-8-3-4-8/h8-9H,3-7H2,1-2H3. The molecule has 1 fully saturated rings. The van der Waals surface area contributed by atoms with Crippen LogP contribution in [0.2, 0.25) is 0 Å². The maximum Gasteiger partial charge on any atom is 0.214 e. The maximum atomic E-state index is 11.6. The van der Waals surface area contributed by atoms with E-state index in [1.807, 2.05) is 7.05 Å². The lowest BCUT2D eigenvalue weighted by Crippen LogP contribution is -2.34. The summed E-state index contributed by atoms with van der Waals surface area (Å²) in [6, 6.07) is 0. The van der Waals surface area contributed by atoms with E-state index in [1.165, 1.54) is 4.31 Å². The van der Waals surface area contributed by atoms with Crippen LogP contribution < -0.4 is 5.32 Å². The second-order valence-corrected chi connectivity index (χ2v) is 5.77. The number of hydrogen-bond donors (Lipinski definition) is 1. The fraction of sp³-hybridized carbons (Fsp3) is 1.00. The summed E-state index contributed by atoms with van der Waals surface area (Å²) in [4.78, 5) is 0. The Kier molecular flexibility index (Phi) is 3.70. The third-order valence-corrected chi connectivity index (χ3v) is 4.32. The Bertz CT molecular complexity index is 247. The first-order chi connectivity index (χ1) is 6.06. The average Bonchev–Trinajstić information content (AvgIpc) is 2.83. The van der Waals surface area contributed by atoms with E-state index in [4.69, 9.17) is 0 Å². The van der Waals surface area contributed by atoms with Crippen LogP contribution in [0.1, 0.15) is 12.8 Å². The second kappa shape index (κ2) is 4.39. The molecule has 5 heteroatoms. The molecule has 1 N–H and O–H groups in total. The molecule has 1 rings (SSSR count). The Morgan fingerprint density at radius 2 is 2.08 bits per heavy atom. The molecular weight excluding hydrogens is 188 g/mol. The van der Waals surface area contributed by atoms with Crippen LogP contribution in [0.25, 0.3) is 0 Å². The van der Waals surface area contributed by atoms with Gasteiger partial charge in [0, 0.05) is 20.1 Å². The van der Waals surface area contributed by atoms with Gasteiger partial charge in [-0.3, -0.25) is 0 Å². The summed E-state index contributed by atoms with van der Waals surface area (Å²) in [5.74, 6) is 0.773.